The summed E-state index contributed by atoms with van der Waals surface area (Å²) in [5.74, 6) is -5.18. The van der Waals surface area contributed by atoms with E-state index < -0.39 is 90.4 Å². The molecule has 5 rings (SSSR count). The van der Waals surface area contributed by atoms with E-state index in [9.17, 15) is 55.9 Å². The van der Waals surface area contributed by atoms with E-state index in [1.165, 1.54) is 13.0 Å². The Morgan fingerprint density at radius 2 is 1.60 bits per heavy atom. The Morgan fingerprint density at radius 3 is 2.28 bits per heavy atom. The zero-order chi connectivity index (χ0) is 31.4. The minimum absolute atomic E-state index is 0.0876. The fraction of sp³-hybridized carbons (Fsp3) is 0.444. The molecular formula is C27H30O16. The predicted molar refractivity (Wildman–Crippen MR) is 140 cm³/mol. The maximum absolute atomic E-state index is 12.6. The number of ether oxygens (including phenoxy) is 4. The van der Waals surface area contributed by atoms with Gasteiger partial charge in [0, 0.05) is 23.8 Å². The molecule has 10 atom stereocenters. The molecule has 0 aliphatic carbocycles. The molecule has 2 aliphatic rings. The topological polar surface area (TPSA) is 269 Å². The number of aromatic hydroxyl groups is 3. The van der Waals surface area contributed by atoms with Crippen molar-refractivity contribution < 1.29 is 74.4 Å². The van der Waals surface area contributed by atoms with Crippen molar-refractivity contribution in [3.63, 3.8) is 0 Å². The Labute approximate surface area is 241 Å². The quantitative estimate of drug-likeness (QED) is 0.134. The van der Waals surface area contributed by atoms with Crippen molar-refractivity contribution in [2.45, 2.75) is 68.0 Å². The molecule has 16 nitrogen and oxygen atoms in total. The van der Waals surface area contributed by atoms with E-state index in [1.807, 2.05) is 0 Å². The fourth-order valence-corrected chi connectivity index (χ4v) is 4.94. The van der Waals surface area contributed by atoms with Crippen LogP contribution in [0.1, 0.15) is 6.92 Å². The van der Waals surface area contributed by atoms with Gasteiger partial charge in [0.2, 0.25) is 0 Å². The van der Waals surface area contributed by atoms with E-state index in [0.717, 1.165) is 30.3 Å². The first kappa shape index (κ1) is 30.9. The summed E-state index contributed by atoms with van der Waals surface area (Å²) in [6.45, 7) is 0.448. The van der Waals surface area contributed by atoms with Crippen molar-refractivity contribution >= 4 is 11.0 Å². The molecule has 2 aliphatic heterocycles. The van der Waals surface area contributed by atoms with Gasteiger partial charge < -0.3 is 74.4 Å². The van der Waals surface area contributed by atoms with Gasteiger partial charge >= 0.3 is 5.97 Å². The summed E-state index contributed by atoms with van der Waals surface area (Å²) in [5.41, 5.74) is -0.688. The molecule has 0 radical (unpaired) electrons. The van der Waals surface area contributed by atoms with Gasteiger partial charge in [0.15, 0.2) is 29.3 Å². The second-order valence-electron chi connectivity index (χ2n) is 10.3. The molecule has 0 bridgehead atoms. The van der Waals surface area contributed by atoms with E-state index >= 15 is 0 Å². The number of aliphatic hydroxyl groups is 7. The first-order chi connectivity index (χ1) is 20.2. The maximum Gasteiger partial charge on any atom is 0.355 e. The number of rotatable bonds is 6. The van der Waals surface area contributed by atoms with Crippen LogP contribution in [0.25, 0.3) is 22.3 Å². The van der Waals surface area contributed by atoms with Crippen molar-refractivity contribution in [2.75, 3.05) is 6.61 Å². The van der Waals surface area contributed by atoms with Crippen molar-refractivity contribution in [3.05, 3.63) is 46.6 Å². The number of hydrogen-bond donors (Lipinski definition) is 10. The number of aliphatic hydroxyl groups excluding tert-OH is 6. The number of fused-ring (bicyclic) bond motifs is 1. The van der Waals surface area contributed by atoms with Crippen molar-refractivity contribution in [2.24, 2.45) is 0 Å². The lowest BCUT2D eigenvalue weighted by molar-refractivity contribution is -0.448. The Balaban J connectivity index is 1.46. The van der Waals surface area contributed by atoms with Crippen molar-refractivity contribution in [1.82, 2.24) is 0 Å². The smallest absolute Gasteiger partial charge is 0.355 e. The molecule has 43 heavy (non-hydrogen) atoms. The van der Waals surface area contributed by atoms with Gasteiger partial charge in [0.1, 0.15) is 64.9 Å². The summed E-state index contributed by atoms with van der Waals surface area (Å²) >= 11 is 0. The molecule has 2 fully saturated rings. The van der Waals surface area contributed by atoms with Gasteiger partial charge in [-0.15, -0.1) is 0 Å². The van der Waals surface area contributed by atoms with Crippen LogP contribution in [0, 0.1) is 0 Å². The van der Waals surface area contributed by atoms with Crippen LogP contribution in [0.15, 0.2) is 45.6 Å². The van der Waals surface area contributed by atoms with Crippen LogP contribution in [0.5, 0.6) is 23.0 Å². The summed E-state index contributed by atoms with van der Waals surface area (Å²) in [6, 6.07) is 6.56. The largest absolute Gasteiger partial charge is 0.508 e. The molecule has 2 aromatic carbocycles. The summed E-state index contributed by atoms with van der Waals surface area (Å²) in [6.07, 6.45) is -15.6. The van der Waals surface area contributed by atoms with Crippen LogP contribution in [0.4, 0.5) is 0 Å². The molecule has 3 heterocycles. The van der Waals surface area contributed by atoms with Gasteiger partial charge in [-0.25, -0.2) is 0 Å². The third kappa shape index (κ3) is 5.61. The zero-order valence-electron chi connectivity index (χ0n) is 22.3. The molecule has 2 saturated heterocycles. The molecule has 1 aromatic heterocycles. The van der Waals surface area contributed by atoms with E-state index in [1.54, 1.807) is 0 Å². The average Bonchev–Trinajstić information content (AvgIpc) is 2.95. The second-order valence-corrected chi connectivity index (χ2v) is 10.3. The maximum atomic E-state index is 12.6. The van der Waals surface area contributed by atoms with Crippen LogP contribution in [0.3, 0.4) is 0 Å². The lowest BCUT2D eigenvalue weighted by Gasteiger charge is -2.48. The highest BCUT2D eigenvalue weighted by Gasteiger charge is 2.59. The highest BCUT2D eigenvalue weighted by molar-refractivity contribution is 5.86. The Kier molecular flexibility index (Phi) is 8.27. The summed E-state index contributed by atoms with van der Waals surface area (Å²) in [7, 11) is 0. The van der Waals surface area contributed by atoms with Gasteiger partial charge in [0.05, 0.1) is 12.7 Å². The normalized spacial score (nSPS) is 34.7. The second kappa shape index (κ2) is 11.5. The molecule has 10 N–H and O–H groups in total. The summed E-state index contributed by atoms with van der Waals surface area (Å²) in [4.78, 5) is 12.6. The molecule has 0 spiro atoms. The van der Waals surface area contributed by atoms with Gasteiger partial charge in [-0.1, -0.05) is 0 Å². The monoisotopic (exact) mass is 610 g/mol. The van der Waals surface area contributed by atoms with Gasteiger partial charge in [-0.3, -0.25) is 4.79 Å². The minimum Gasteiger partial charge on any atom is -0.508 e. The number of benzene rings is 2. The van der Waals surface area contributed by atoms with Crippen LogP contribution in [0.2, 0.25) is 0 Å². The summed E-state index contributed by atoms with van der Waals surface area (Å²) in [5, 5.41) is 103. The molecule has 234 valence electrons. The third-order valence-electron chi connectivity index (χ3n) is 7.28. The highest BCUT2D eigenvalue weighted by Crippen LogP contribution is 2.40. The molecule has 4 unspecified atom stereocenters. The average molecular weight is 611 g/mol. The van der Waals surface area contributed by atoms with E-state index in [4.69, 9.17) is 23.4 Å². The standard InChI is InChI=1S/C27H30O16/c1-9-20(33)22(35)24(37)26(39-9)41-25-23(36)21(34)18(8-28)43-27(25,38)42-15-3-2-10(4-12(15)30)16-7-14(32)19-13(31)5-11(29)6-17(19)40-16/h2-7,9,18,20-26,28-31,33-38H,8H2,1H3/t9?,18?,20-,21+,22-,23?,24?,25-,26-,27-/m0/s1. The Hall–Kier alpha value is -3.55. The lowest BCUT2D eigenvalue weighted by Crippen LogP contribution is -2.70. The molecular weight excluding hydrogens is 580 g/mol. The van der Waals surface area contributed by atoms with Crippen LogP contribution < -0.4 is 10.2 Å². The van der Waals surface area contributed by atoms with E-state index in [0.29, 0.717) is 0 Å². The molecule has 16 heteroatoms. The van der Waals surface area contributed by atoms with Gasteiger partial charge in [0.25, 0.3) is 0 Å². The van der Waals surface area contributed by atoms with E-state index in [2.05, 4.69) is 0 Å². The Bertz CT molecular complexity index is 1540. The van der Waals surface area contributed by atoms with Crippen LogP contribution in [-0.4, -0.2) is 119 Å². The Morgan fingerprint density at radius 1 is 0.884 bits per heavy atom. The first-order valence-corrected chi connectivity index (χ1v) is 13.0. The highest BCUT2D eigenvalue weighted by atomic mass is 16.9. The van der Waals surface area contributed by atoms with Crippen LogP contribution >= 0.6 is 0 Å². The molecule has 0 saturated carbocycles. The molecule has 3 aromatic rings. The number of phenols is 3. The van der Waals surface area contributed by atoms with Gasteiger partial charge in [-0.2, -0.15) is 0 Å². The van der Waals surface area contributed by atoms with Crippen molar-refractivity contribution in [3.8, 4) is 34.3 Å². The lowest BCUT2D eigenvalue weighted by atomic mass is 9.96. The minimum atomic E-state index is -3.07. The van der Waals surface area contributed by atoms with E-state index in [-0.39, 0.29) is 28.0 Å². The third-order valence-corrected chi connectivity index (χ3v) is 7.28. The first-order valence-electron chi connectivity index (χ1n) is 13.0. The molecule has 0 amide bonds. The fourth-order valence-electron chi connectivity index (χ4n) is 4.94. The number of hydrogen-bond acceptors (Lipinski definition) is 16. The zero-order valence-corrected chi connectivity index (χ0v) is 22.3. The van der Waals surface area contributed by atoms with Gasteiger partial charge in [-0.05, 0) is 25.1 Å². The number of phenolic OH excluding ortho intramolecular Hbond substituents is 3. The predicted octanol–water partition coefficient (Wildman–Crippen LogP) is -2.07. The van der Waals surface area contributed by atoms with Crippen LogP contribution in [-0.2, 0) is 14.2 Å². The van der Waals surface area contributed by atoms with Crippen molar-refractivity contribution in [1.29, 1.82) is 0 Å². The summed E-state index contributed by atoms with van der Waals surface area (Å²) < 4.78 is 27.2. The SMILES string of the molecule is CC1O[C@@H](O[C@H]2C(O)[C@H](O)C(CO)O[C@@]2(O)Oc2ccc(-c3cc(=O)c4c(O)cc(O)cc4o3)cc2O)C(O)[C@@H](O)[C@H]1O.